The first kappa shape index (κ1) is 15.1. The van der Waals surface area contributed by atoms with Crippen molar-refractivity contribution in [2.75, 3.05) is 6.61 Å². The number of ketones is 1. The highest BCUT2D eigenvalue weighted by Gasteiger charge is 2.23. The number of carbonyl (C=O) groups is 1. The Hall–Kier alpha value is -0.930. The Labute approximate surface area is 112 Å². The Kier molecular flexibility index (Phi) is 5.76. The molecule has 0 aliphatic heterocycles. The van der Waals surface area contributed by atoms with Gasteiger partial charge in [0.2, 0.25) is 0 Å². The van der Waals surface area contributed by atoms with Crippen LogP contribution in [0.25, 0.3) is 0 Å². The standard InChI is InChI=1S/C14H18ClFO2/c1-4-18-14(9(2)3)13(17)7-10-5-6-11(15)8-12(10)16/h5-6,8-9,14H,4,7H2,1-3H3. The summed E-state index contributed by atoms with van der Waals surface area (Å²) in [5.41, 5.74) is 0.356. The van der Waals surface area contributed by atoms with E-state index in [1.54, 1.807) is 12.1 Å². The molecule has 18 heavy (non-hydrogen) atoms. The molecule has 0 bridgehead atoms. The number of rotatable bonds is 6. The lowest BCUT2D eigenvalue weighted by molar-refractivity contribution is -0.132. The summed E-state index contributed by atoms with van der Waals surface area (Å²) in [5.74, 6) is -0.476. The first-order chi connectivity index (χ1) is 8.45. The molecule has 0 N–H and O–H groups in total. The summed E-state index contributed by atoms with van der Waals surface area (Å²) in [6.45, 7) is 6.14. The van der Waals surface area contributed by atoms with E-state index in [9.17, 15) is 9.18 Å². The van der Waals surface area contributed by atoms with Crippen LogP contribution in [0.1, 0.15) is 26.3 Å². The van der Waals surface area contributed by atoms with E-state index in [2.05, 4.69) is 0 Å². The second-order valence-corrected chi connectivity index (χ2v) is 4.94. The Morgan fingerprint density at radius 1 is 1.44 bits per heavy atom. The van der Waals surface area contributed by atoms with Crippen LogP contribution in [-0.4, -0.2) is 18.5 Å². The van der Waals surface area contributed by atoms with Gasteiger partial charge in [0.1, 0.15) is 11.9 Å². The molecule has 4 heteroatoms. The van der Waals surface area contributed by atoms with E-state index in [4.69, 9.17) is 16.3 Å². The average molecular weight is 273 g/mol. The molecule has 1 atom stereocenters. The van der Waals surface area contributed by atoms with Crippen molar-refractivity contribution in [3.8, 4) is 0 Å². The molecular formula is C14H18ClFO2. The van der Waals surface area contributed by atoms with Crippen molar-refractivity contribution in [3.05, 3.63) is 34.6 Å². The Bertz CT molecular complexity index is 418. The maximum Gasteiger partial charge on any atom is 0.166 e. The minimum Gasteiger partial charge on any atom is -0.370 e. The van der Waals surface area contributed by atoms with E-state index in [1.165, 1.54) is 6.07 Å². The topological polar surface area (TPSA) is 26.3 Å². The van der Waals surface area contributed by atoms with E-state index in [0.717, 1.165) is 0 Å². The highest BCUT2D eigenvalue weighted by atomic mass is 35.5. The molecule has 0 aromatic heterocycles. The summed E-state index contributed by atoms with van der Waals surface area (Å²) in [5, 5.41) is 0.328. The lowest BCUT2D eigenvalue weighted by Gasteiger charge is -2.19. The van der Waals surface area contributed by atoms with E-state index >= 15 is 0 Å². The van der Waals surface area contributed by atoms with Crippen molar-refractivity contribution in [2.45, 2.75) is 33.3 Å². The van der Waals surface area contributed by atoms with Gasteiger partial charge < -0.3 is 4.74 Å². The summed E-state index contributed by atoms with van der Waals surface area (Å²) < 4.78 is 19.0. The molecule has 0 radical (unpaired) electrons. The summed E-state index contributed by atoms with van der Waals surface area (Å²) in [6, 6.07) is 4.34. The van der Waals surface area contributed by atoms with E-state index in [0.29, 0.717) is 17.2 Å². The zero-order valence-electron chi connectivity index (χ0n) is 10.9. The first-order valence-electron chi connectivity index (χ1n) is 6.04. The van der Waals surface area contributed by atoms with Crippen LogP contribution in [0.4, 0.5) is 4.39 Å². The first-order valence-corrected chi connectivity index (χ1v) is 6.41. The highest BCUT2D eigenvalue weighted by molar-refractivity contribution is 6.30. The summed E-state index contributed by atoms with van der Waals surface area (Å²) in [6.07, 6.45) is -0.448. The molecule has 0 spiro atoms. The lowest BCUT2D eigenvalue weighted by Crippen LogP contribution is -2.31. The molecule has 0 aliphatic carbocycles. The number of ether oxygens (including phenoxy) is 1. The fourth-order valence-corrected chi connectivity index (χ4v) is 1.95. The number of benzene rings is 1. The predicted molar refractivity (Wildman–Crippen MR) is 70.4 cm³/mol. The largest absolute Gasteiger partial charge is 0.370 e. The molecule has 2 nitrogen and oxygen atoms in total. The van der Waals surface area contributed by atoms with Crippen LogP contribution in [0.2, 0.25) is 5.02 Å². The zero-order valence-corrected chi connectivity index (χ0v) is 11.6. The van der Waals surface area contributed by atoms with Crippen molar-refractivity contribution in [2.24, 2.45) is 5.92 Å². The van der Waals surface area contributed by atoms with Crippen molar-refractivity contribution in [3.63, 3.8) is 0 Å². The van der Waals surface area contributed by atoms with Crippen LogP contribution >= 0.6 is 11.6 Å². The molecule has 1 unspecified atom stereocenters. The number of hydrogen-bond donors (Lipinski definition) is 0. The average Bonchev–Trinajstić information content (AvgIpc) is 2.29. The summed E-state index contributed by atoms with van der Waals surface area (Å²) >= 11 is 5.67. The number of hydrogen-bond acceptors (Lipinski definition) is 2. The van der Waals surface area contributed by atoms with E-state index < -0.39 is 11.9 Å². The third kappa shape index (κ3) is 4.07. The van der Waals surface area contributed by atoms with Crippen LogP contribution in [-0.2, 0) is 16.0 Å². The lowest BCUT2D eigenvalue weighted by atomic mass is 9.97. The Morgan fingerprint density at radius 2 is 2.11 bits per heavy atom. The fraction of sp³-hybridized carbons (Fsp3) is 0.500. The SMILES string of the molecule is CCOC(C(=O)Cc1ccc(Cl)cc1F)C(C)C. The van der Waals surface area contributed by atoms with Gasteiger partial charge in [0.15, 0.2) is 5.78 Å². The van der Waals surface area contributed by atoms with Gasteiger partial charge in [0, 0.05) is 18.1 Å². The zero-order chi connectivity index (χ0) is 13.7. The van der Waals surface area contributed by atoms with Gasteiger partial charge in [0.25, 0.3) is 0 Å². The van der Waals surface area contributed by atoms with Gasteiger partial charge in [-0.15, -0.1) is 0 Å². The van der Waals surface area contributed by atoms with Crippen LogP contribution in [0, 0.1) is 11.7 Å². The summed E-state index contributed by atoms with van der Waals surface area (Å²) in [7, 11) is 0. The van der Waals surface area contributed by atoms with E-state index in [-0.39, 0.29) is 18.1 Å². The van der Waals surface area contributed by atoms with Gasteiger partial charge in [-0.3, -0.25) is 4.79 Å². The van der Waals surface area contributed by atoms with E-state index in [1.807, 2.05) is 20.8 Å². The molecule has 1 aromatic rings. The maximum atomic E-state index is 13.6. The van der Waals surface area contributed by atoms with Gasteiger partial charge >= 0.3 is 0 Å². The van der Waals surface area contributed by atoms with Crippen molar-refractivity contribution in [1.29, 1.82) is 0 Å². The molecule has 0 amide bonds. The molecule has 0 saturated carbocycles. The minimum atomic E-state index is -0.481. The van der Waals surface area contributed by atoms with Crippen molar-refractivity contribution in [1.82, 2.24) is 0 Å². The minimum absolute atomic E-state index is 0.0336. The normalized spacial score (nSPS) is 12.8. The van der Waals surface area contributed by atoms with Gasteiger partial charge in [-0.1, -0.05) is 31.5 Å². The molecule has 100 valence electrons. The van der Waals surface area contributed by atoms with Gasteiger partial charge in [-0.25, -0.2) is 4.39 Å². The van der Waals surface area contributed by atoms with Gasteiger partial charge in [-0.2, -0.15) is 0 Å². The third-order valence-corrected chi connectivity index (χ3v) is 2.88. The molecule has 0 aliphatic rings. The van der Waals surface area contributed by atoms with Crippen LogP contribution < -0.4 is 0 Å². The number of halogens is 2. The highest BCUT2D eigenvalue weighted by Crippen LogP contribution is 2.17. The van der Waals surface area contributed by atoms with Gasteiger partial charge in [-0.05, 0) is 30.5 Å². The third-order valence-electron chi connectivity index (χ3n) is 2.65. The fourth-order valence-electron chi connectivity index (χ4n) is 1.79. The smallest absolute Gasteiger partial charge is 0.166 e. The number of carbonyl (C=O) groups excluding carboxylic acids is 1. The molecule has 1 aromatic carbocycles. The molecule has 0 saturated heterocycles. The number of Topliss-reactive ketones (excluding diaryl/α,β-unsaturated/α-hetero) is 1. The Balaban J connectivity index is 2.79. The summed E-state index contributed by atoms with van der Waals surface area (Å²) in [4.78, 5) is 12.1. The quantitative estimate of drug-likeness (QED) is 0.790. The second-order valence-electron chi connectivity index (χ2n) is 4.50. The van der Waals surface area contributed by atoms with Crippen molar-refractivity contribution >= 4 is 17.4 Å². The van der Waals surface area contributed by atoms with Crippen LogP contribution in [0.15, 0.2) is 18.2 Å². The van der Waals surface area contributed by atoms with Gasteiger partial charge in [0.05, 0.1) is 0 Å². The van der Waals surface area contributed by atoms with Crippen LogP contribution in [0.3, 0.4) is 0 Å². The maximum absolute atomic E-state index is 13.6. The van der Waals surface area contributed by atoms with Crippen LogP contribution in [0.5, 0.6) is 0 Å². The second kappa shape index (κ2) is 6.86. The predicted octanol–water partition coefficient (Wildman–Crippen LogP) is 3.65. The molecule has 0 heterocycles. The Morgan fingerprint density at radius 3 is 2.61 bits per heavy atom. The molecular weight excluding hydrogens is 255 g/mol. The van der Waals surface area contributed by atoms with Crippen molar-refractivity contribution < 1.29 is 13.9 Å². The molecule has 1 rings (SSSR count). The monoisotopic (exact) mass is 272 g/mol. The molecule has 0 fully saturated rings.